The molecule has 0 fully saturated rings. The van der Waals surface area contributed by atoms with Gasteiger partial charge in [0.15, 0.2) is 0 Å². The molecule has 0 aliphatic rings. The second-order valence-electron chi connectivity index (χ2n) is 4.52. The van der Waals surface area contributed by atoms with Gasteiger partial charge in [0.1, 0.15) is 17.8 Å². The van der Waals surface area contributed by atoms with Crippen LogP contribution >= 0.6 is 0 Å². The number of hydrogen-bond acceptors (Lipinski definition) is 7. The Balaban J connectivity index is 2.35. The van der Waals surface area contributed by atoms with E-state index in [1.54, 1.807) is 49.4 Å². The van der Waals surface area contributed by atoms with Crippen LogP contribution in [0.1, 0.15) is 28.7 Å². The summed E-state index contributed by atoms with van der Waals surface area (Å²) in [6.07, 6.45) is 1.07. The standard InChI is InChI=1S/C16H12N6O3/c1-2-25-16(24)14(19-15(23)11-6-4-3-5-7-11)10-22-20-12(8-17)13(9-18)21-22/h3-7,10H,2H2,1H3,(H,19,23)/b14-10+. The summed E-state index contributed by atoms with van der Waals surface area (Å²) in [6.45, 7) is 1.71. The average Bonchev–Trinajstić information content (AvgIpc) is 3.04. The van der Waals surface area contributed by atoms with Gasteiger partial charge < -0.3 is 10.1 Å². The van der Waals surface area contributed by atoms with Crippen LogP contribution in [0.3, 0.4) is 0 Å². The number of benzene rings is 1. The molecule has 1 heterocycles. The summed E-state index contributed by atoms with van der Waals surface area (Å²) in [6, 6.07) is 11.7. The number of nitrogens with zero attached hydrogens (tertiary/aromatic N) is 5. The fourth-order valence-electron chi connectivity index (χ4n) is 1.77. The molecule has 0 bridgehead atoms. The summed E-state index contributed by atoms with van der Waals surface area (Å²) in [5.41, 5.74) is -0.297. The predicted molar refractivity (Wildman–Crippen MR) is 84.3 cm³/mol. The molecule has 0 atom stereocenters. The van der Waals surface area contributed by atoms with E-state index in [0.29, 0.717) is 5.56 Å². The SMILES string of the molecule is CCOC(=O)/C(=C\n1nc(C#N)c(C#N)n1)NC(=O)c1ccccc1. The highest BCUT2D eigenvalue weighted by Crippen LogP contribution is 2.05. The highest BCUT2D eigenvalue weighted by molar-refractivity contribution is 6.02. The van der Waals surface area contributed by atoms with Gasteiger partial charge >= 0.3 is 5.97 Å². The van der Waals surface area contributed by atoms with Gasteiger partial charge in [0.25, 0.3) is 5.91 Å². The molecule has 9 heteroatoms. The summed E-state index contributed by atoms with van der Waals surface area (Å²) < 4.78 is 4.88. The maximum absolute atomic E-state index is 12.2. The van der Waals surface area contributed by atoms with Crippen molar-refractivity contribution in [3.05, 3.63) is 53.0 Å². The molecule has 124 valence electrons. The van der Waals surface area contributed by atoms with Crippen molar-refractivity contribution in [2.24, 2.45) is 0 Å². The van der Waals surface area contributed by atoms with Crippen molar-refractivity contribution < 1.29 is 14.3 Å². The zero-order valence-electron chi connectivity index (χ0n) is 13.1. The summed E-state index contributed by atoms with van der Waals surface area (Å²) in [4.78, 5) is 25.1. The zero-order valence-corrected chi connectivity index (χ0v) is 13.1. The number of carbonyl (C=O) groups is 2. The Morgan fingerprint density at radius 1 is 1.20 bits per heavy atom. The summed E-state index contributed by atoms with van der Waals surface area (Å²) >= 11 is 0. The number of amides is 1. The van der Waals surface area contributed by atoms with Crippen LogP contribution in [-0.2, 0) is 9.53 Å². The van der Waals surface area contributed by atoms with E-state index in [-0.39, 0.29) is 23.7 Å². The molecule has 1 N–H and O–H groups in total. The summed E-state index contributed by atoms with van der Waals surface area (Å²) in [7, 11) is 0. The zero-order chi connectivity index (χ0) is 18.2. The van der Waals surface area contributed by atoms with E-state index >= 15 is 0 Å². The van der Waals surface area contributed by atoms with Crippen molar-refractivity contribution in [3.8, 4) is 12.1 Å². The van der Waals surface area contributed by atoms with Gasteiger partial charge in [-0.3, -0.25) is 4.79 Å². The van der Waals surface area contributed by atoms with Crippen LogP contribution in [-0.4, -0.2) is 33.5 Å². The first-order valence-electron chi connectivity index (χ1n) is 7.11. The fraction of sp³-hybridized carbons (Fsp3) is 0.125. The molecule has 1 aromatic carbocycles. The topological polar surface area (TPSA) is 134 Å². The van der Waals surface area contributed by atoms with Crippen LogP contribution in [0.4, 0.5) is 0 Å². The number of carbonyl (C=O) groups excluding carboxylic acids is 2. The van der Waals surface area contributed by atoms with Crippen molar-refractivity contribution in [1.82, 2.24) is 20.3 Å². The smallest absolute Gasteiger partial charge is 0.356 e. The fourth-order valence-corrected chi connectivity index (χ4v) is 1.77. The Labute approximate surface area is 142 Å². The predicted octanol–water partition coefficient (Wildman–Crippen LogP) is 0.813. The molecule has 0 aliphatic heterocycles. The number of nitriles is 2. The van der Waals surface area contributed by atoms with Crippen molar-refractivity contribution in [1.29, 1.82) is 10.5 Å². The normalized spacial score (nSPS) is 10.4. The summed E-state index contributed by atoms with van der Waals surface area (Å²) in [5.74, 6) is -1.34. The van der Waals surface area contributed by atoms with Crippen LogP contribution in [0, 0.1) is 22.7 Å². The highest BCUT2D eigenvalue weighted by atomic mass is 16.5. The number of aromatic nitrogens is 3. The van der Waals surface area contributed by atoms with E-state index in [1.807, 2.05) is 0 Å². The molecule has 0 unspecified atom stereocenters. The number of rotatable bonds is 5. The van der Waals surface area contributed by atoms with Crippen molar-refractivity contribution in [3.63, 3.8) is 0 Å². The minimum absolute atomic E-state index is 0.0941. The molecule has 1 aromatic heterocycles. The minimum Gasteiger partial charge on any atom is -0.461 e. The molecular weight excluding hydrogens is 324 g/mol. The molecule has 0 spiro atoms. The molecule has 9 nitrogen and oxygen atoms in total. The van der Waals surface area contributed by atoms with Crippen molar-refractivity contribution in [2.45, 2.75) is 6.92 Å². The lowest BCUT2D eigenvalue weighted by molar-refractivity contribution is -0.138. The molecule has 0 aliphatic carbocycles. The first-order chi connectivity index (χ1) is 12.1. The maximum Gasteiger partial charge on any atom is 0.356 e. The van der Waals surface area contributed by atoms with Crippen LogP contribution < -0.4 is 5.32 Å². The molecule has 25 heavy (non-hydrogen) atoms. The monoisotopic (exact) mass is 336 g/mol. The lowest BCUT2D eigenvalue weighted by atomic mass is 10.2. The van der Waals surface area contributed by atoms with E-state index in [9.17, 15) is 9.59 Å². The first-order valence-corrected chi connectivity index (χ1v) is 7.11. The molecule has 2 aromatic rings. The van der Waals surface area contributed by atoms with E-state index < -0.39 is 11.9 Å². The van der Waals surface area contributed by atoms with Gasteiger partial charge in [0, 0.05) is 5.56 Å². The van der Waals surface area contributed by atoms with Gasteiger partial charge in [0.2, 0.25) is 11.4 Å². The van der Waals surface area contributed by atoms with Crippen LogP contribution in [0.15, 0.2) is 36.0 Å². The van der Waals surface area contributed by atoms with E-state index in [2.05, 4.69) is 15.5 Å². The molecule has 2 rings (SSSR count). The lowest BCUT2D eigenvalue weighted by Crippen LogP contribution is -2.29. The number of nitrogens with one attached hydrogen (secondary N) is 1. The van der Waals surface area contributed by atoms with Gasteiger partial charge in [-0.1, -0.05) is 18.2 Å². The molecule has 0 radical (unpaired) electrons. The van der Waals surface area contributed by atoms with Gasteiger partial charge in [0.05, 0.1) is 12.8 Å². The Morgan fingerprint density at radius 2 is 1.80 bits per heavy atom. The second-order valence-corrected chi connectivity index (χ2v) is 4.52. The van der Waals surface area contributed by atoms with E-state index in [4.69, 9.17) is 15.3 Å². The van der Waals surface area contributed by atoms with Gasteiger partial charge in [-0.2, -0.15) is 15.3 Å². The van der Waals surface area contributed by atoms with Crippen LogP contribution in [0.5, 0.6) is 0 Å². The summed E-state index contributed by atoms with van der Waals surface area (Å²) in [5, 5.41) is 27.7. The van der Waals surface area contributed by atoms with Gasteiger partial charge in [-0.05, 0) is 19.1 Å². The quantitative estimate of drug-likeness (QED) is 0.630. The third-order valence-electron chi connectivity index (χ3n) is 2.87. The first kappa shape index (κ1) is 17.4. The van der Waals surface area contributed by atoms with Crippen molar-refractivity contribution in [2.75, 3.05) is 6.61 Å². The second kappa shape index (κ2) is 8.04. The largest absolute Gasteiger partial charge is 0.461 e. The van der Waals surface area contributed by atoms with E-state index in [0.717, 1.165) is 11.0 Å². The van der Waals surface area contributed by atoms with Crippen molar-refractivity contribution >= 4 is 18.1 Å². The third kappa shape index (κ3) is 4.27. The molecule has 0 saturated heterocycles. The Hall–Kier alpha value is -3.98. The van der Waals surface area contributed by atoms with Crippen LogP contribution in [0.2, 0.25) is 0 Å². The number of hydrogen-bond donors (Lipinski definition) is 1. The third-order valence-corrected chi connectivity index (χ3v) is 2.87. The minimum atomic E-state index is -0.805. The van der Waals surface area contributed by atoms with Gasteiger partial charge in [-0.15, -0.1) is 10.2 Å². The lowest BCUT2D eigenvalue weighted by Gasteiger charge is -2.08. The number of ether oxygens (including phenoxy) is 1. The molecule has 0 saturated carbocycles. The Morgan fingerprint density at radius 3 is 2.32 bits per heavy atom. The van der Waals surface area contributed by atoms with Crippen LogP contribution in [0.25, 0.3) is 6.20 Å². The Bertz CT molecular complexity index is 871. The molecular formula is C16H12N6O3. The molecule has 1 amide bonds. The number of esters is 1. The van der Waals surface area contributed by atoms with Gasteiger partial charge in [-0.25, -0.2) is 4.79 Å². The highest BCUT2D eigenvalue weighted by Gasteiger charge is 2.17. The Kier molecular flexibility index (Phi) is 5.59. The maximum atomic E-state index is 12.2. The average molecular weight is 336 g/mol. The van der Waals surface area contributed by atoms with E-state index in [1.165, 1.54) is 0 Å².